The van der Waals surface area contributed by atoms with E-state index in [1.165, 1.54) is 11.0 Å². The summed E-state index contributed by atoms with van der Waals surface area (Å²) in [5.41, 5.74) is 0.738. The first kappa shape index (κ1) is 26.5. The highest BCUT2D eigenvalue weighted by Gasteiger charge is 2.50. The van der Waals surface area contributed by atoms with Gasteiger partial charge in [-0.25, -0.2) is 0 Å². The average molecular weight is 549 g/mol. The molecule has 0 unspecified atom stereocenters. The Balaban J connectivity index is 1.33. The second-order valence-corrected chi connectivity index (χ2v) is 11.9. The van der Waals surface area contributed by atoms with Crippen molar-refractivity contribution in [1.29, 1.82) is 5.26 Å². The lowest BCUT2D eigenvalue weighted by Crippen LogP contribution is -2.47. The van der Waals surface area contributed by atoms with Gasteiger partial charge in [0.1, 0.15) is 12.2 Å². The van der Waals surface area contributed by atoms with E-state index in [2.05, 4.69) is 28.5 Å². The van der Waals surface area contributed by atoms with Gasteiger partial charge in [-0.3, -0.25) is 4.79 Å². The van der Waals surface area contributed by atoms with E-state index >= 15 is 0 Å². The van der Waals surface area contributed by atoms with Crippen molar-refractivity contribution in [2.45, 2.75) is 75.7 Å². The summed E-state index contributed by atoms with van der Waals surface area (Å²) in [5, 5.41) is 21.0. The van der Waals surface area contributed by atoms with Gasteiger partial charge in [-0.2, -0.15) is 18.4 Å². The minimum absolute atomic E-state index is 0.0160. The number of hydrogen-bond donors (Lipinski definition) is 1. The fraction of sp³-hybridized carbons (Fsp3) is 0.467. The van der Waals surface area contributed by atoms with Crippen molar-refractivity contribution in [3.05, 3.63) is 76.4 Å². The Morgan fingerprint density at radius 1 is 1.20 bits per heavy atom. The highest BCUT2D eigenvalue weighted by molar-refractivity contribution is 6.10. The summed E-state index contributed by atoms with van der Waals surface area (Å²) >= 11 is 0. The van der Waals surface area contributed by atoms with Crippen LogP contribution in [0.1, 0.15) is 83.9 Å². The molecule has 2 heterocycles. The summed E-state index contributed by atoms with van der Waals surface area (Å²) in [4.78, 5) is 15.1. The fourth-order valence-corrected chi connectivity index (χ4v) is 6.67. The number of hydrogen-bond acceptors (Lipinski definition) is 5. The predicted octanol–water partition coefficient (Wildman–Crippen LogP) is 5.64. The van der Waals surface area contributed by atoms with Crippen LogP contribution in [0.2, 0.25) is 0 Å². The number of benzene rings is 2. The molecule has 1 aromatic heterocycles. The molecule has 2 aromatic carbocycles. The Bertz CT molecular complexity index is 1510. The number of amides is 1. The predicted molar refractivity (Wildman–Crippen MR) is 142 cm³/mol. The lowest BCUT2D eigenvalue weighted by atomic mass is 9.57. The van der Waals surface area contributed by atoms with Gasteiger partial charge in [0, 0.05) is 36.8 Å². The number of nitrogens with zero attached hydrogens (tertiary/aromatic N) is 5. The molecule has 2 saturated carbocycles. The normalized spacial score (nSPS) is 23.4. The molecule has 0 radical (unpaired) electrons. The second kappa shape index (κ2) is 9.44. The molecule has 7 nitrogen and oxygen atoms in total. The Morgan fingerprint density at radius 2 is 1.98 bits per heavy atom. The van der Waals surface area contributed by atoms with Crippen molar-refractivity contribution >= 4 is 11.6 Å². The Morgan fingerprint density at radius 3 is 2.60 bits per heavy atom. The van der Waals surface area contributed by atoms with Crippen molar-refractivity contribution in [1.82, 2.24) is 20.1 Å². The number of carbonyl (C=O) groups is 1. The molecule has 1 aliphatic heterocycles. The highest BCUT2D eigenvalue weighted by Crippen LogP contribution is 2.53. The van der Waals surface area contributed by atoms with Crippen LogP contribution in [0.25, 0.3) is 0 Å². The molecule has 2 aliphatic carbocycles. The van der Waals surface area contributed by atoms with Crippen LogP contribution in [-0.2, 0) is 31.7 Å². The third-order valence-electron chi connectivity index (χ3n) is 9.09. The number of fused-ring (bicyclic) bond motifs is 1. The van der Waals surface area contributed by atoms with Crippen LogP contribution in [0.4, 0.5) is 18.9 Å². The molecule has 0 saturated heterocycles. The quantitative estimate of drug-likeness (QED) is 0.413. The highest BCUT2D eigenvalue weighted by atomic mass is 19.4. The van der Waals surface area contributed by atoms with Gasteiger partial charge >= 0.3 is 6.18 Å². The molecule has 2 fully saturated rings. The molecule has 3 aromatic rings. The topological polar surface area (TPSA) is 86.8 Å². The molecule has 6 rings (SSSR count). The molecular formula is C30H31F3N6O. The zero-order valence-electron chi connectivity index (χ0n) is 22.6. The van der Waals surface area contributed by atoms with E-state index in [9.17, 15) is 23.2 Å². The van der Waals surface area contributed by atoms with Crippen LogP contribution in [0, 0.1) is 17.2 Å². The molecule has 1 amide bonds. The molecule has 40 heavy (non-hydrogen) atoms. The van der Waals surface area contributed by atoms with E-state index < -0.39 is 23.1 Å². The number of halogens is 3. The lowest BCUT2D eigenvalue weighted by molar-refractivity contribution is -0.138. The first-order valence-electron chi connectivity index (χ1n) is 13.6. The summed E-state index contributed by atoms with van der Waals surface area (Å²) in [7, 11) is 1.87. The van der Waals surface area contributed by atoms with Crippen LogP contribution in [0.5, 0.6) is 0 Å². The van der Waals surface area contributed by atoms with E-state index in [0.717, 1.165) is 30.7 Å². The number of rotatable bonds is 7. The molecule has 1 N–H and O–H groups in total. The zero-order chi connectivity index (χ0) is 28.3. The Kier molecular flexibility index (Phi) is 6.26. The van der Waals surface area contributed by atoms with E-state index in [1.54, 1.807) is 18.5 Å². The molecular weight excluding hydrogens is 517 g/mol. The van der Waals surface area contributed by atoms with Crippen LogP contribution in [-0.4, -0.2) is 26.2 Å². The van der Waals surface area contributed by atoms with E-state index in [-0.39, 0.29) is 35.7 Å². The number of nitriles is 1. The van der Waals surface area contributed by atoms with Crippen LogP contribution in [0.3, 0.4) is 0 Å². The molecule has 0 atom stereocenters. The van der Waals surface area contributed by atoms with Gasteiger partial charge in [0.2, 0.25) is 0 Å². The smallest absolute Gasteiger partial charge is 0.320 e. The number of aryl methyl sites for hydroxylation is 1. The summed E-state index contributed by atoms with van der Waals surface area (Å²) in [6.45, 7) is 2.21. The summed E-state index contributed by atoms with van der Waals surface area (Å²) in [6.07, 6.45) is 1.99. The third kappa shape index (κ3) is 4.37. The zero-order valence-corrected chi connectivity index (χ0v) is 22.6. The van der Waals surface area contributed by atoms with Gasteiger partial charge in [-0.1, -0.05) is 12.1 Å². The van der Waals surface area contributed by atoms with Gasteiger partial charge in [0.25, 0.3) is 5.91 Å². The largest absolute Gasteiger partial charge is 0.416 e. The molecule has 0 spiro atoms. The minimum atomic E-state index is -4.57. The number of carbonyl (C=O) groups excluding carboxylic acids is 1. The van der Waals surface area contributed by atoms with Gasteiger partial charge in [0.05, 0.1) is 23.6 Å². The Hall–Kier alpha value is -3.71. The number of nitrogens with one attached hydrogen (secondary N) is 1. The van der Waals surface area contributed by atoms with Gasteiger partial charge < -0.3 is 14.8 Å². The van der Waals surface area contributed by atoms with Crippen molar-refractivity contribution in [3.63, 3.8) is 0 Å². The van der Waals surface area contributed by atoms with E-state index in [1.807, 2.05) is 29.8 Å². The molecule has 3 aliphatic rings. The van der Waals surface area contributed by atoms with Gasteiger partial charge in [-0.05, 0) is 85.9 Å². The SMILES string of the molecule is Cn1cnnc1[C@]1(c2cccc(N3Cc4c(cc(CNC5(C)CCC5)cc4C(F)(F)F)C3=O)c2)C[C@H](CC#N)C1. The minimum Gasteiger partial charge on any atom is -0.320 e. The van der Waals surface area contributed by atoms with Gasteiger partial charge in [0.15, 0.2) is 0 Å². The monoisotopic (exact) mass is 548 g/mol. The maximum Gasteiger partial charge on any atom is 0.416 e. The number of alkyl halides is 3. The molecule has 10 heteroatoms. The van der Waals surface area contributed by atoms with Crippen LogP contribution < -0.4 is 10.2 Å². The van der Waals surface area contributed by atoms with Crippen molar-refractivity contribution in [3.8, 4) is 6.07 Å². The molecule has 0 bridgehead atoms. The van der Waals surface area contributed by atoms with E-state index in [0.29, 0.717) is 30.5 Å². The lowest BCUT2D eigenvalue weighted by Gasteiger charge is -2.46. The third-order valence-corrected chi connectivity index (χ3v) is 9.09. The first-order valence-corrected chi connectivity index (χ1v) is 13.6. The Labute approximate surface area is 231 Å². The van der Waals surface area contributed by atoms with E-state index in [4.69, 9.17) is 0 Å². The summed E-state index contributed by atoms with van der Waals surface area (Å²) < 4.78 is 44.5. The summed E-state index contributed by atoms with van der Waals surface area (Å²) in [5.74, 6) is 0.552. The number of aromatic nitrogens is 3. The second-order valence-electron chi connectivity index (χ2n) is 11.9. The first-order chi connectivity index (χ1) is 19.0. The maximum atomic E-state index is 14.2. The molecule has 208 valence electrons. The van der Waals surface area contributed by atoms with Crippen molar-refractivity contribution in [2.24, 2.45) is 13.0 Å². The standard InChI is InChI=1S/C30H31F3N6O/c1-28(8-4-9-28)35-16-20-11-23-24(25(12-20)30(31,32)33)17-39(26(23)40)22-6-3-5-21(13-22)29(14-19(15-29)7-10-34)27-37-36-18-38(27)2/h3,5-6,11-13,18-19,35H,4,7-9,14-17H2,1-2H3/t19-,29+. The van der Waals surface area contributed by atoms with Crippen molar-refractivity contribution < 1.29 is 18.0 Å². The van der Waals surface area contributed by atoms with Gasteiger partial charge in [-0.15, -0.1) is 10.2 Å². The maximum absolute atomic E-state index is 14.2. The number of anilines is 1. The summed E-state index contributed by atoms with van der Waals surface area (Å²) in [6, 6.07) is 12.5. The van der Waals surface area contributed by atoms with Crippen LogP contribution in [0.15, 0.2) is 42.7 Å². The average Bonchev–Trinajstić information content (AvgIpc) is 3.45. The van der Waals surface area contributed by atoms with Crippen LogP contribution >= 0.6 is 0 Å². The fourth-order valence-electron chi connectivity index (χ4n) is 6.67. The van der Waals surface area contributed by atoms with Crippen molar-refractivity contribution in [2.75, 3.05) is 4.90 Å².